The van der Waals surface area contributed by atoms with Crippen LogP contribution in [0.5, 0.6) is 5.75 Å². The van der Waals surface area contributed by atoms with Gasteiger partial charge < -0.3 is 9.47 Å². The first-order valence-corrected chi connectivity index (χ1v) is 7.65. The Kier molecular flexibility index (Phi) is 5.06. The number of anilines is 1. The monoisotopic (exact) mass is 305 g/mol. The van der Waals surface area contributed by atoms with Crippen molar-refractivity contribution in [3.8, 4) is 5.75 Å². The van der Waals surface area contributed by atoms with E-state index in [9.17, 15) is 9.59 Å². The molecule has 1 fully saturated rings. The van der Waals surface area contributed by atoms with Crippen LogP contribution in [0.25, 0.3) is 0 Å². The molecular formula is C17H23NO4. The maximum Gasteiger partial charge on any atom is 0.412 e. The third-order valence-corrected chi connectivity index (χ3v) is 3.41. The summed E-state index contributed by atoms with van der Waals surface area (Å²) in [6.07, 6.45) is 3.51. The van der Waals surface area contributed by atoms with Gasteiger partial charge in [-0.3, -0.25) is 10.1 Å². The van der Waals surface area contributed by atoms with Crippen molar-refractivity contribution < 1.29 is 19.1 Å². The highest BCUT2D eigenvalue weighted by molar-refractivity contribution is 5.85. The molecule has 0 radical (unpaired) electrons. The molecule has 5 nitrogen and oxygen atoms in total. The first-order valence-electron chi connectivity index (χ1n) is 7.65. The molecule has 1 aliphatic rings. The van der Waals surface area contributed by atoms with Gasteiger partial charge in [0.1, 0.15) is 11.4 Å². The van der Waals surface area contributed by atoms with Crippen molar-refractivity contribution in [3.63, 3.8) is 0 Å². The minimum atomic E-state index is -0.541. The fraction of sp³-hybridized carbons (Fsp3) is 0.529. The fourth-order valence-corrected chi connectivity index (χ4v) is 2.39. The molecule has 1 aliphatic carbocycles. The van der Waals surface area contributed by atoms with Crippen LogP contribution in [0.1, 0.15) is 46.5 Å². The molecular weight excluding hydrogens is 282 g/mol. The van der Waals surface area contributed by atoms with Crippen LogP contribution in [0.15, 0.2) is 24.3 Å². The van der Waals surface area contributed by atoms with Gasteiger partial charge in [-0.1, -0.05) is 12.8 Å². The van der Waals surface area contributed by atoms with Gasteiger partial charge in [-0.25, -0.2) is 4.79 Å². The molecule has 0 unspecified atom stereocenters. The fourth-order valence-electron chi connectivity index (χ4n) is 2.39. The van der Waals surface area contributed by atoms with Crippen LogP contribution >= 0.6 is 0 Å². The van der Waals surface area contributed by atoms with Crippen molar-refractivity contribution in [2.45, 2.75) is 52.1 Å². The second kappa shape index (κ2) is 6.81. The molecule has 5 heteroatoms. The largest absolute Gasteiger partial charge is 0.444 e. The summed E-state index contributed by atoms with van der Waals surface area (Å²) in [6, 6.07) is 6.70. The summed E-state index contributed by atoms with van der Waals surface area (Å²) in [5, 5.41) is 2.63. The molecule has 0 aromatic heterocycles. The van der Waals surface area contributed by atoms with Crippen molar-refractivity contribution in [2.24, 2.45) is 5.92 Å². The standard InChI is InChI=1S/C17H23NO4/c1-17(2,3)22-16(20)18-13-8-10-14(11-9-13)21-15(19)12-6-4-5-7-12/h8-12H,4-7H2,1-3H3,(H,18,20). The minimum Gasteiger partial charge on any atom is -0.444 e. The Labute approximate surface area is 131 Å². The number of nitrogens with one attached hydrogen (secondary N) is 1. The normalized spacial score (nSPS) is 15.4. The third-order valence-electron chi connectivity index (χ3n) is 3.41. The first-order chi connectivity index (χ1) is 10.3. The van der Waals surface area contributed by atoms with Crippen LogP contribution in [0.4, 0.5) is 10.5 Å². The van der Waals surface area contributed by atoms with E-state index in [4.69, 9.17) is 9.47 Å². The minimum absolute atomic E-state index is 0.0274. The Morgan fingerprint density at radius 1 is 1.09 bits per heavy atom. The van der Waals surface area contributed by atoms with Gasteiger partial charge in [-0.05, 0) is 57.9 Å². The Morgan fingerprint density at radius 3 is 2.23 bits per heavy atom. The highest BCUT2D eigenvalue weighted by atomic mass is 16.6. The lowest BCUT2D eigenvalue weighted by molar-refractivity contribution is -0.138. The number of amides is 1. The van der Waals surface area contributed by atoms with E-state index >= 15 is 0 Å². The SMILES string of the molecule is CC(C)(C)OC(=O)Nc1ccc(OC(=O)C2CCCC2)cc1. The molecule has 0 bridgehead atoms. The van der Waals surface area contributed by atoms with Crippen LogP contribution < -0.4 is 10.1 Å². The summed E-state index contributed by atoms with van der Waals surface area (Å²) in [5.41, 5.74) is 0.0517. The smallest absolute Gasteiger partial charge is 0.412 e. The summed E-state index contributed by atoms with van der Waals surface area (Å²) in [7, 11) is 0. The summed E-state index contributed by atoms with van der Waals surface area (Å²) >= 11 is 0. The first kappa shape index (κ1) is 16.3. The van der Waals surface area contributed by atoms with Crippen LogP contribution in [-0.2, 0) is 9.53 Å². The lowest BCUT2D eigenvalue weighted by atomic mass is 10.1. The zero-order chi connectivity index (χ0) is 16.2. The summed E-state index contributed by atoms with van der Waals surface area (Å²) < 4.78 is 10.5. The molecule has 22 heavy (non-hydrogen) atoms. The molecule has 0 spiro atoms. The van der Waals surface area contributed by atoms with Gasteiger partial charge in [0.25, 0.3) is 0 Å². The van der Waals surface area contributed by atoms with Crippen molar-refractivity contribution in [1.82, 2.24) is 0 Å². The number of hydrogen-bond acceptors (Lipinski definition) is 4. The van der Waals surface area contributed by atoms with E-state index in [-0.39, 0.29) is 11.9 Å². The number of benzene rings is 1. The Morgan fingerprint density at radius 2 is 1.68 bits per heavy atom. The van der Waals surface area contributed by atoms with Gasteiger partial charge >= 0.3 is 12.1 Å². The number of rotatable bonds is 3. The predicted molar refractivity (Wildman–Crippen MR) is 83.9 cm³/mol. The highest BCUT2D eigenvalue weighted by Gasteiger charge is 2.24. The molecule has 0 aliphatic heterocycles. The second-order valence-electron chi connectivity index (χ2n) is 6.55. The molecule has 0 saturated heterocycles. The van der Waals surface area contributed by atoms with E-state index in [0.29, 0.717) is 11.4 Å². The van der Waals surface area contributed by atoms with Crippen LogP contribution in [-0.4, -0.2) is 17.7 Å². The van der Waals surface area contributed by atoms with Gasteiger partial charge in [0.05, 0.1) is 5.92 Å². The van der Waals surface area contributed by atoms with Gasteiger partial charge in [0.2, 0.25) is 0 Å². The van der Waals surface area contributed by atoms with Crippen LogP contribution in [0.3, 0.4) is 0 Å². The van der Waals surface area contributed by atoms with Crippen molar-refractivity contribution in [3.05, 3.63) is 24.3 Å². The molecule has 0 heterocycles. The van der Waals surface area contributed by atoms with Gasteiger partial charge in [-0.15, -0.1) is 0 Å². The summed E-state index contributed by atoms with van der Waals surface area (Å²) in [6.45, 7) is 5.41. The molecule has 2 rings (SSSR count). The lowest BCUT2D eigenvalue weighted by Gasteiger charge is -2.19. The van der Waals surface area contributed by atoms with E-state index in [1.807, 2.05) is 0 Å². The number of carbonyl (C=O) groups excluding carboxylic acids is 2. The second-order valence-corrected chi connectivity index (χ2v) is 6.55. The van der Waals surface area contributed by atoms with Crippen LogP contribution in [0.2, 0.25) is 0 Å². The van der Waals surface area contributed by atoms with E-state index in [1.54, 1.807) is 45.0 Å². The Bertz CT molecular complexity index is 525. The van der Waals surface area contributed by atoms with Crippen molar-refractivity contribution in [1.29, 1.82) is 0 Å². The molecule has 1 amide bonds. The van der Waals surface area contributed by atoms with Crippen molar-refractivity contribution >= 4 is 17.7 Å². The third kappa shape index (κ3) is 5.06. The summed E-state index contributed by atoms with van der Waals surface area (Å²) in [4.78, 5) is 23.6. The zero-order valence-corrected chi connectivity index (χ0v) is 13.3. The van der Waals surface area contributed by atoms with E-state index < -0.39 is 11.7 Å². The summed E-state index contributed by atoms with van der Waals surface area (Å²) in [5.74, 6) is 0.358. The Balaban J connectivity index is 1.87. The van der Waals surface area contributed by atoms with Gasteiger partial charge in [0.15, 0.2) is 0 Å². The van der Waals surface area contributed by atoms with E-state index in [1.165, 1.54) is 0 Å². The average molecular weight is 305 g/mol. The number of hydrogen-bond donors (Lipinski definition) is 1. The topological polar surface area (TPSA) is 64.6 Å². The molecule has 1 saturated carbocycles. The Hall–Kier alpha value is -2.04. The molecule has 1 aromatic carbocycles. The van der Waals surface area contributed by atoms with Gasteiger partial charge in [-0.2, -0.15) is 0 Å². The molecule has 1 N–H and O–H groups in total. The molecule has 0 atom stereocenters. The van der Waals surface area contributed by atoms with Crippen LogP contribution in [0, 0.1) is 5.92 Å². The van der Waals surface area contributed by atoms with E-state index in [2.05, 4.69) is 5.32 Å². The maximum atomic E-state index is 11.9. The average Bonchev–Trinajstić information content (AvgIpc) is 2.92. The predicted octanol–water partition coefficient (Wildman–Crippen LogP) is 4.13. The number of ether oxygens (including phenoxy) is 2. The zero-order valence-electron chi connectivity index (χ0n) is 13.3. The number of esters is 1. The molecule has 1 aromatic rings. The quantitative estimate of drug-likeness (QED) is 0.673. The van der Waals surface area contributed by atoms with E-state index in [0.717, 1.165) is 25.7 Å². The maximum absolute atomic E-state index is 11.9. The molecule has 120 valence electrons. The number of carbonyl (C=O) groups is 2. The van der Waals surface area contributed by atoms with Gasteiger partial charge in [0, 0.05) is 5.69 Å². The highest BCUT2D eigenvalue weighted by Crippen LogP contribution is 2.27. The lowest BCUT2D eigenvalue weighted by Crippen LogP contribution is -2.27. The van der Waals surface area contributed by atoms with Crippen molar-refractivity contribution in [2.75, 3.05) is 5.32 Å².